The molecule has 6 N–H and O–H groups in total. The summed E-state index contributed by atoms with van der Waals surface area (Å²) in [6.07, 6.45) is 0. The number of aromatic carboxylic acids is 2. The Hall–Kier alpha value is -4.77. The summed E-state index contributed by atoms with van der Waals surface area (Å²) in [4.78, 5) is 40.9. The van der Waals surface area contributed by atoms with Crippen molar-refractivity contribution in [1.82, 2.24) is 0 Å². The lowest BCUT2D eigenvalue weighted by Crippen LogP contribution is -2.16. The molecule has 0 aliphatic rings. The van der Waals surface area contributed by atoms with Crippen molar-refractivity contribution in [2.75, 3.05) is 10.8 Å². The van der Waals surface area contributed by atoms with Gasteiger partial charge >= 0.3 is 11.9 Å². The average molecular weight is 583 g/mol. The van der Waals surface area contributed by atoms with Crippen LogP contribution in [0.15, 0.2) is 72.8 Å². The fourth-order valence-electron chi connectivity index (χ4n) is 3.75. The number of hydrogen-bond acceptors (Lipinski definition) is 7. The number of nitrogens with one attached hydrogen (secondary N) is 2. The zero-order chi connectivity index (χ0) is 29.0. The van der Waals surface area contributed by atoms with Crippen LogP contribution in [0.5, 0.6) is 11.5 Å². The standard InChI is InChI=1S/C28H20Cl2N2O8/c29-22-9-14(2-7-24(22)31-26(35)19-6-5-18(34)12-21(19)28(38)39)15-3-8-25(23(30)10-15)32-40-13-16-1-4-17(33)11-20(16)27(36)37/h1-12,32-34H,13H2,(H,31,35)(H,36,37)(H,38,39). The van der Waals surface area contributed by atoms with E-state index in [1.165, 1.54) is 24.3 Å². The molecular weight excluding hydrogens is 563 g/mol. The number of carboxylic acid groups (broad SMARTS) is 2. The molecule has 0 aliphatic heterocycles. The molecule has 0 fully saturated rings. The van der Waals surface area contributed by atoms with Crippen LogP contribution >= 0.6 is 23.2 Å². The number of anilines is 2. The molecule has 0 bridgehead atoms. The molecule has 12 heteroatoms. The highest BCUT2D eigenvalue weighted by Crippen LogP contribution is 2.33. The predicted octanol–water partition coefficient (Wildman–Crippen LogP) is 6.26. The van der Waals surface area contributed by atoms with Gasteiger partial charge in [0, 0.05) is 0 Å². The van der Waals surface area contributed by atoms with Gasteiger partial charge in [-0.2, -0.15) is 0 Å². The molecule has 0 aromatic heterocycles. The van der Waals surface area contributed by atoms with E-state index in [1.807, 2.05) is 0 Å². The van der Waals surface area contributed by atoms with Gasteiger partial charge in [0.25, 0.3) is 5.91 Å². The topological polar surface area (TPSA) is 165 Å². The lowest BCUT2D eigenvalue weighted by molar-refractivity contribution is 0.0682. The van der Waals surface area contributed by atoms with Gasteiger partial charge < -0.3 is 25.7 Å². The summed E-state index contributed by atoms with van der Waals surface area (Å²) < 4.78 is 0. The quantitative estimate of drug-likeness (QED) is 0.125. The molecule has 4 aromatic carbocycles. The number of carbonyl (C=O) groups is 3. The minimum absolute atomic E-state index is 0.0925. The van der Waals surface area contributed by atoms with Gasteiger partial charge in [-0.05, 0) is 71.3 Å². The van der Waals surface area contributed by atoms with E-state index in [4.69, 9.17) is 28.0 Å². The van der Waals surface area contributed by atoms with E-state index in [-0.39, 0.29) is 45.5 Å². The Morgan fingerprint density at radius 3 is 1.80 bits per heavy atom. The molecule has 0 atom stereocenters. The second kappa shape index (κ2) is 12.0. The second-order valence-electron chi connectivity index (χ2n) is 8.42. The number of phenolic OH excluding ortho intramolecular Hbond substituents is 2. The first-order chi connectivity index (χ1) is 19.0. The predicted molar refractivity (Wildman–Crippen MR) is 148 cm³/mol. The summed E-state index contributed by atoms with van der Waals surface area (Å²) in [7, 11) is 0. The molecule has 1 amide bonds. The summed E-state index contributed by atoms with van der Waals surface area (Å²) in [6.45, 7) is -0.110. The van der Waals surface area contributed by atoms with Crippen molar-refractivity contribution < 1.29 is 39.6 Å². The Morgan fingerprint density at radius 2 is 1.23 bits per heavy atom. The number of amides is 1. The summed E-state index contributed by atoms with van der Waals surface area (Å²) in [5, 5.41) is 40.7. The van der Waals surface area contributed by atoms with Crippen LogP contribution in [-0.4, -0.2) is 38.3 Å². The van der Waals surface area contributed by atoms with Crippen LogP contribution in [0.3, 0.4) is 0 Å². The van der Waals surface area contributed by atoms with Gasteiger partial charge in [-0.1, -0.05) is 41.4 Å². The number of carbonyl (C=O) groups excluding carboxylic acids is 1. The molecule has 0 aliphatic carbocycles. The van der Waals surface area contributed by atoms with Gasteiger partial charge in [0.1, 0.15) is 18.1 Å². The summed E-state index contributed by atoms with van der Waals surface area (Å²) >= 11 is 12.8. The molecule has 4 rings (SSSR count). The first kappa shape index (κ1) is 28.2. The Bertz CT molecular complexity index is 1640. The zero-order valence-corrected chi connectivity index (χ0v) is 21.8. The van der Waals surface area contributed by atoms with E-state index in [2.05, 4.69) is 10.8 Å². The first-order valence-corrected chi connectivity index (χ1v) is 12.2. The maximum Gasteiger partial charge on any atom is 0.336 e. The molecule has 0 spiro atoms. The smallest absolute Gasteiger partial charge is 0.336 e. The minimum Gasteiger partial charge on any atom is -0.508 e. The van der Waals surface area contributed by atoms with E-state index >= 15 is 0 Å². The molecule has 4 aromatic rings. The van der Waals surface area contributed by atoms with Crippen molar-refractivity contribution in [2.45, 2.75) is 6.61 Å². The van der Waals surface area contributed by atoms with E-state index < -0.39 is 17.8 Å². The van der Waals surface area contributed by atoms with Gasteiger partial charge in [0.05, 0.1) is 38.1 Å². The van der Waals surface area contributed by atoms with E-state index in [0.29, 0.717) is 27.4 Å². The number of carboxylic acids is 2. The van der Waals surface area contributed by atoms with Crippen molar-refractivity contribution in [3.63, 3.8) is 0 Å². The molecule has 10 nitrogen and oxygen atoms in total. The summed E-state index contributed by atoms with van der Waals surface area (Å²) in [6, 6.07) is 17.2. The Balaban J connectivity index is 1.45. The third-order valence-corrected chi connectivity index (χ3v) is 6.36. The van der Waals surface area contributed by atoms with Gasteiger partial charge in [-0.25, -0.2) is 9.59 Å². The third-order valence-electron chi connectivity index (χ3n) is 5.73. The SMILES string of the molecule is O=C(O)c1cc(O)ccc1CONc1ccc(-c2ccc(NC(=O)c3ccc(O)cc3C(=O)O)c(Cl)c2)cc1Cl. The lowest BCUT2D eigenvalue weighted by Gasteiger charge is -2.13. The molecule has 0 saturated heterocycles. The molecule has 0 heterocycles. The van der Waals surface area contributed by atoms with Crippen molar-refractivity contribution in [1.29, 1.82) is 0 Å². The highest BCUT2D eigenvalue weighted by atomic mass is 35.5. The average Bonchev–Trinajstić information content (AvgIpc) is 2.91. The van der Waals surface area contributed by atoms with Crippen LogP contribution in [0.25, 0.3) is 11.1 Å². The molecule has 0 unspecified atom stereocenters. The summed E-state index contributed by atoms with van der Waals surface area (Å²) in [5.74, 6) is -3.74. The number of phenols is 2. The number of hydrogen-bond donors (Lipinski definition) is 6. The van der Waals surface area contributed by atoms with Gasteiger partial charge in [0.2, 0.25) is 0 Å². The van der Waals surface area contributed by atoms with Crippen LogP contribution in [0.2, 0.25) is 10.0 Å². The maximum atomic E-state index is 12.7. The molecule has 0 saturated carbocycles. The van der Waals surface area contributed by atoms with E-state index in [9.17, 15) is 34.8 Å². The van der Waals surface area contributed by atoms with Crippen LogP contribution in [-0.2, 0) is 11.4 Å². The van der Waals surface area contributed by atoms with Crippen molar-refractivity contribution in [3.05, 3.63) is 105 Å². The number of aromatic hydroxyl groups is 2. The molecule has 204 valence electrons. The Morgan fingerprint density at radius 1 is 0.675 bits per heavy atom. The number of rotatable bonds is 9. The fraction of sp³-hybridized carbons (Fsp3) is 0.0357. The second-order valence-corrected chi connectivity index (χ2v) is 9.23. The van der Waals surface area contributed by atoms with Crippen molar-refractivity contribution in [2.24, 2.45) is 0 Å². The van der Waals surface area contributed by atoms with Crippen molar-refractivity contribution >= 4 is 52.4 Å². The molecular formula is C28H20Cl2N2O8. The Labute approximate surface area is 236 Å². The Kier molecular flexibility index (Phi) is 8.44. The van der Waals surface area contributed by atoms with Crippen LogP contribution in [0, 0.1) is 0 Å². The highest BCUT2D eigenvalue weighted by Gasteiger charge is 2.19. The number of benzene rings is 4. The molecule has 40 heavy (non-hydrogen) atoms. The lowest BCUT2D eigenvalue weighted by atomic mass is 10.0. The van der Waals surface area contributed by atoms with Crippen LogP contribution in [0.4, 0.5) is 11.4 Å². The first-order valence-electron chi connectivity index (χ1n) is 11.4. The zero-order valence-electron chi connectivity index (χ0n) is 20.3. The monoisotopic (exact) mass is 582 g/mol. The van der Waals surface area contributed by atoms with Gasteiger partial charge in [-0.3, -0.25) is 15.1 Å². The fourth-order valence-corrected chi connectivity index (χ4v) is 4.20. The van der Waals surface area contributed by atoms with E-state index in [1.54, 1.807) is 36.4 Å². The van der Waals surface area contributed by atoms with Gasteiger partial charge in [0.15, 0.2) is 0 Å². The largest absolute Gasteiger partial charge is 0.508 e. The number of halogens is 2. The maximum absolute atomic E-state index is 12.7. The third kappa shape index (κ3) is 6.44. The van der Waals surface area contributed by atoms with Crippen LogP contribution < -0.4 is 10.8 Å². The normalized spacial score (nSPS) is 10.7. The highest BCUT2D eigenvalue weighted by molar-refractivity contribution is 6.34. The van der Waals surface area contributed by atoms with Crippen LogP contribution in [0.1, 0.15) is 36.6 Å². The van der Waals surface area contributed by atoms with E-state index in [0.717, 1.165) is 12.1 Å². The van der Waals surface area contributed by atoms with Gasteiger partial charge in [-0.15, -0.1) is 0 Å². The minimum atomic E-state index is -1.37. The molecule has 0 radical (unpaired) electrons. The summed E-state index contributed by atoms with van der Waals surface area (Å²) in [5.41, 5.74) is 4.44. The van der Waals surface area contributed by atoms with Crippen molar-refractivity contribution in [3.8, 4) is 22.6 Å².